The third kappa shape index (κ3) is 5.02. The maximum Gasteiger partial charge on any atom is 0.321 e. The lowest BCUT2D eigenvalue weighted by atomic mass is 10.3. The Morgan fingerprint density at radius 1 is 1.39 bits per heavy atom. The minimum Gasteiger partial charge on any atom is -0.338 e. The Morgan fingerprint density at radius 2 is 2.22 bits per heavy atom. The van der Waals surface area contributed by atoms with Crippen LogP contribution in [0.15, 0.2) is 29.4 Å². The molecule has 8 nitrogen and oxygen atoms in total. The molecule has 0 aliphatic carbocycles. The molecule has 2 rings (SSSR count). The largest absolute Gasteiger partial charge is 0.338 e. The Bertz CT molecular complexity index is 693. The summed E-state index contributed by atoms with van der Waals surface area (Å²) in [5, 5.41) is 16.1. The summed E-state index contributed by atoms with van der Waals surface area (Å²) in [6.45, 7) is 2.40. The van der Waals surface area contributed by atoms with Gasteiger partial charge in [0.15, 0.2) is 0 Å². The predicted molar refractivity (Wildman–Crippen MR) is 81.7 cm³/mol. The van der Waals surface area contributed by atoms with E-state index in [9.17, 15) is 14.0 Å². The average Bonchev–Trinajstić information content (AvgIpc) is 2.99. The summed E-state index contributed by atoms with van der Waals surface area (Å²) in [5.74, 6) is -0.938. The number of nitrogens with zero attached hydrogens (tertiary/aromatic N) is 4. The summed E-state index contributed by atoms with van der Waals surface area (Å²) in [4.78, 5) is 23.0. The van der Waals surface area contributed by atoms with Crippen molar-refractivity contribution in [2.24, 2.45) is 0 Å². The molecular formula is C13H15FN6O2S. The Hall–Kier alpha value is -2.49. The molecule has 0 aliphatic heterocycles. The van der Waals surface area contributed by atoms with Gasteiger partial charge in [-0.3, -0.25) is 10.1 Å². The molecule has 0 saturated heterocycles. The second kappa shape index (κ2) is 8.22. The zero-order chi connectivity index (χ0) is 16.7. The first-order chi connectivity index (χ1) is 11.1. The first-order valence-electron chi connectivity index (χ1n) is 6.85. The van der Waals surface area contributed by atoms with Crippen molar-refractivity contribution in [3.05, 3.63) is 30.1 Å². The van der Waals surface area contributed by atoms with Gasteiger partial charge in [0.25, 0.3) is 0 Å². The summed E-state index contributed by atoms with van der Waals surface area (Å²) in [7, 11) is 0. The number of hydrogen-bond donors (Lipinski definition) is 2. The van der Waals surface area contributed by atoms with Crippen LogP contribution in [0.3, 0.4) is 0 Å². The van der Waals surface area contributed by atoms with E-state index in [1.807, 2.05) is 6.92 Å². The quantitative estimate of drug-likeness (QED) is 0.766. The molecule has 2 N–H and O–H groups in total. The van der Waals surface area contributed by atoms with E-state index in [0.717, 1.165) is 18.2 Å². The number of benzene rings is 1. The van der Waals surface area contributed by atoms with Gasteiger partial charge in [0, 0.05) is 6.54 Å². The molecule has 122 valence electrons. The van der Waals surface area contributed by atoms with Gasteiger partial charge >= 0.3 is 6.03 Å². The Morgan fingerprint density at radius 3 is 2.96 bits per heavy atom. The highest BCUT2D eigenvalue weighted by atomic mass is 32.2. The van der Waals surface area contributed by atoms with Crippen molar-refractivity contribution < 1.29 is 14.0 Å². The summed E-state index contributed by atoms with van der Waals surface area (Å²) in [6, 6.07) is 5.22. The van der Waals surface area contributed by atoms with Crippen LogP contribution in [-0.4, -0.2) is 44.4 Å². The van der Waals surface area contributed by atoms with Crippen LogP contribution >= 0.6 is 11.8 Å². The van der Waals surface area contributed by atoms with E-state index >= 15 is 0 Å². The summed E-state index contributed by atoms with van der Waals surface area (Å²) in [5.41, 5.74) is 0.443. The van der Waals surface area contributed by atoms with Crippen LogP contribution in [0.4, 0.5) is 9.18 Å². The molecule has 1 aromatic carbocycles. The van der Waals surface area contributed by atoms with Crippen LogP contribution in [0.1, 0.15) is 13.3 Å². The molecule has 0 bridgehead atoms. The lowest BCUT2D eigenvalue weighted by Gasteiger charge is -2.06. The van der Waals surface area contributed by atoms with E-state index in [0.29, 0.717) is 17.4 Å². The first kappa shape index (κ1) is 16.9. The molecule has 0 radical (unpaired) electrons. The molecule has 23 heavy (non-hydrogen) atoms. The lowest BCUT2D eigenvalue weighted by molar-refractivity contribution is -0.117. The number of carbonyl (C=O) groups excluding carboxylic acids is 2. The predicted octanol–water partition coefficient (Wildman–Crippen LogP) is 1.13. The second-order valence-corrected chi connectivity index (χ2v) is 5.39. The second-order valence-electron chi connectivity index (χ2n) is 4.45. The maximum absolute atomic E-state index is 13.3. The van der Waals surface area contributed by atoms with Crippen LogP contribution in [0.25, 0.3) is 5.69 Å². The fourth-order valence-corrected chi connectivity index (χ4v) is 2.31. The molecular weight excluding hydrogens is 323 g/mol. The Labute approximate surface area is 135 Å². The number of aromatic nitrogens is 4. The fraction of sp³-hybridized carbons (Fsp3) is 0.308. The Balaban J connectivity index is 1.93. The standard InChI is InChI=1S/C13H15FN6O2S/c1-2-6-15-12(22)16-11(21)8-23-13-17-18-19-20(13)10-5-3-4-9(14)7-10/h3-5,7H,2,6,8H2,1H3,(H2,15,16,21,22). The number of amides is 3. The normalized spacial score (nSPS) is 10.3. The minimum atomic E-state index is -0.540. The number of urea groups is 1. The molecule has 10 heteroatoms. The zero-order valence-corrected chi connectivity index (χ0v) is 13.1. The number of nitrogens with one attached hydrogen (secondary N) is 2. The van der Waals surface area contributed by atoms with Gasteiger partial charge < -0.3 is 5.32 Å². The van der Waals surface area contributed by atoms with Crippen LogP contribution < -0.4 is 10.6 Å². The first-order valence-corrected chi connectivity index (χ1v) is 7.83. The maximum atomic E-state index is 13.3. The van der Waals surface area contributed by atoms with Crippen molar-refractivity contribution in [3.8, 4) is 5.69 Å². The third-order valence-corrected chi connectivity index (χ3v) is 3.53. The van der Waals surface area contributed by atoms with E-state index in [1.54, 1.807) is 6.07 Å². The van der Waals surface area contributed by atoms with E-state index < -0.39 is 17.8 Å². The van der Waals surface area contributed by atoms with E-state index in [4.69, 9.17) is 0 Å². The van der Waals surface area contributed by atoms with Crippen LogP contribution in [0.5, 0.6) is 0 Å². The zero-order valence-electron chi connectivity index (χ0n) is 12.3. The average molecular weight is 338 g/mol. The Kier molecular flexibility index (Phi) is 6.03. The van der Waals surface area contributed by atoms with Gasteiger partial charge in [-0.15, -0.1) is 5.10 Å². The van der Waals surface area contributed by atoms with Gasteiger partial charge in [0.2, 0.25) is 11.1 Å². The van der Waals surface area contributed by atoms with Crippen LogP contribution in [0, 0.1) is 5.82 Å². The number of imide groups is 1. The van der Waals surface area contributed by atoms with Crippen molar-refractivity contribution in [2.75, 3.05) is 12.3 Å². The highest BCUT2D eigenvalue weighted by molar-refractivity contribution is 7.99. The highest BCUT2D eigenvalue weighted by Gasteiger charge is 2.13. The van der Waals surface area contributed by atoms with Gasteiger partial charge in [-0.1, -0.05) is 24.8 Å². The van der Waals surface area contributed by atoms with Crippen LogP contribution in [0.2, 0.25) is 0 Å². The monoisotopic (exact) mass is 338 g/mol. The topological polar surface area (TPSA) is 102 Å². The van der Waals surface area contributed by atoms with Gasteiger partial charge in [0.05, 0.1) is 11.4 Å². The molecule has 0 saturated carbocycles. The molecule has 0 spiro atoms. The number of thioether (sulfide) groups is 1. The number of carbonyl (C=O) groups is 2. The van der Waals surface area contributed by atoms with Gasteiger partial charge in [-0.2, -0.15) is 4.68 Å². The lowest BCUT2D eigenvalue weighted by Crippen LogP contribution is -2.40. The van der Waals surface area contributed by atoms with E-state index in [-0.39, 0.29) is 5.75 Å². The van der Waals surface area contributed by atoms with Crippen molar-refractivity contribution >= 4 is 23.7 Å². The molecule has 2 aromatic rings. The van der Waals surface area contributed by atoms with E-state index in [1.165, 1.54) is 22.9 Å². The van der Waals surface area contributed by atoms with Gasteiger partial charge in [-0.25, -0.2) is 9.18 Å². The SMILES string of the molecule is CCCNC(=O)NC(=O)CSc1nnnn1-c1cccc(F)c1. The molecule has 0 aliphatic rings. The van der Waals surface area contributed by atoms with Crippen molar-refractivity contribution in [2.45, 2.75) is 18.5 Å². The summed E-state index contributed by atoms with van der Waals surface area (Å²) in [6.07, 6.45) is 0.777. The number of tetrazole rings is 1. The molecule has 0 unspecified atom stereocenters. The highest BCUT2D eigenvalue weighted by Crippen LogP contribution is 2.18. The fourth-order valence-electron chi connectivity index (χ4n) is 1.61. The van der Waals surface area contributed by atoms with Crippen molar-refractivity contribution in [1.82, 2.24) is 30.8 Å². The number of halogens is 1. The number of rotatable bonds is 6. The molecule has 0 fully saturated rings. The summed E-state index contributed by atoms with van der Waals surface area (Å²) < 4.78 is 14.6. The summed E-state index contributed by atoms with van der Waals surface area (Å²) >= 11 is 1.04. The minimum absolute atomic E-state index is 0.0464. The smallest absolute Gasteiger partial charge is 0.321 e. The van der Waals surface area contributed by atoms with Crippen molar-refractivity contribution in [1.29, 1.82) is 0 Å². The van der Waals surface area contributed by atoms with Gasteiger partial charge in [0.1, 0.15) is 5.82 Å². The number of hydrogen-bond acceptors (Lipinski definition) is 6. The third-order valence-electron chi connectivity index (χ3n) is 2.61. The molecule has 0 atom stereocenters. The van der Waals surface area contributed by atoms with Crippen molar-refractivity contribution in [3.63, 3.8) is 0 Å². The molecule has 3 amide bonds. The van der Waals surface area contributed by atoms with Gasteiger partial charge in [-0.05, 0) is 35.0 Å². The van der Waals surface area contributed by atoms with Crippen LogP contribution in [-0.2, 0) is 4.79 Å². The van der Waals surface area contributed by atoms with E-state index in [2.05, 4.69) is 26.2 Å². The molecule has 1 heterocycles. The molecule has 1 aromatic heterocycles.